The minimum absolute atomic E-state index is 0.106. The Balaban J connectivity index is 1.52. The van der Waals surface area contributed by atoms with Crippen molar-refractivity contribution < 1.29 is 14.3 Å². The Hall–Kier alpha value is -2.91. The monoisotopic (exact) mass is 469 g/mol. The van der Waals surface area contributed by atoms with Gasteiger partial charge in [-0.2, -0.15) is 0 Å². The molecule has 1 fully saturated rings. The summed E-state index contributed by atoms with van der Waals surface area (Å²) in [4.78, 5) is 28.4. The molecule has 1 aliphatic heterocycles. The number of amides is 1. The Morgan fingerprint density at radius 2 is 1.94 bits per heavy atom. The molecule has 0 spiro atoms. The first-order valence-electron chi connectivity index (χ1n) is 11.3. The molecule has 2 aromatic heterocycles. The normalized spacial score (nSPS) is 14.5. The molecule has 0 saturated carbocycles. The summed E-state index contributed by atoms with van der Waals surface area (Å²) >= 11 is 1.42. The van der Waals surface area contributed by atoms with Gasteiger partial charge in [-0.3, -0.25) is 4.79 Å². The summed E-state index contributed by atoms with van der Waals surface area (Å²) in [6.45, 7) is 12.0. The number of likely N-dealkylation sites (N-methyl/N-ethyl adjacent to an activating group) is 1. The maximum absolute atomic E-state index is 13.1. The zero-order valence-electron chi connectivity index (χ0n) is 19.7. The number of carbonyl (C=O) groups is 1. The van der Waals surface area contributed by atoms with E-state index in [4.69, 9.17) is 9.47 Å². The molecule has 3 heterocycles. The minimum Gasteiger partial charge on any atom is -0.493 e. The van der Waals surface area contributed by atoms with Crippen molar-refractivity contribution in [3.63, 3.8) is 0 Å². The van der Waals surface area contributed by atoms with Crippen LogP contribution >= 0.6 is 11.3 Å². The molecule has 0 atom stereocenters. The molecule has 0 unspecified atom stereocenters. The zero-order chi connectivity index (χ0) is 23.4. The van der Waals surface area contributed by atoms with Gasteiger partial charge in [-0.1, -0.05) is 13.0 Å². The second-order valence-corrected chi connectivity index (χ2v) is 8.95. The predicted molar refractivity (Wildman–Crippen MR) is 132 cm³/mol. The van der Waals surface area contributed by atoms with Crippen molar-refractivity contribution >= 4 is 33.3 Å². The van der Waals surface area contributed by atoms with Crippen molar-refractivity contribution in [1.29, 1.82) is 0 Å². The van der Waals surface area contributed by atoms with Crippen LogP contribution in [0.25, 0.3) is 10.2 Å². The van der Waals surface area contributed by atoms with Crippen LogP contribution < -0.4 is 19.7 Å². The highest BCUT2D eigenvalue weighted by atomic mass is 32.1. The number of anilines is 1. The van der Waals surface area contributed by atoms with E-state index in [0.717, 1.165) is 59.9 Å². The number of thiophene rings is 1. The summed E-state index contributed by atoms with van der Waals surface area (Å²) in [5.41, 5.74) is 1.88. The van der Waals surface area contributed by atoms with Crippen molar-refractivity contribution in [1.82, 2.24) is 20.2 Å². The number of fused-ring (bicyclic) bond motifs is 1. The predicted octanol–water partition coefficient (Wildman–Crippen LogP) is 3.48. The average Bonchev–Trinajstić information content (AvgIpc) is 3.19. The highest BCUT2D eigenvalue weighted by Crippen LogP contribution is 2.35. The zero-order valence-corrected chi connectivity index (χ0v) is 20.5. The van der Waals surface area contributed by atoms with Crippen LogP contribution in [-0.4, -0.2) is 67.2 Å². The number of carbonyl (C=O) groups excluding carboxylic acids is 1. The number of ether oxygens (including phenoxy) is 2. The number of rotatable bonds is 8. The largest absolute Gasteiger partial charge is 0.493 e. The van der Waals surface area contributed by atoms with Crippen LogP contribution in [-0.2, 0) is 6.54 Å². The van der Waals surface area contributed by atoms with E-state index >= 15 is 0 Å². The van der Waals surface area contributed by atoms with Crippen LogP contribution in [0.5, 0.6) is 11.5 Å². The van der Waals surface area contributed by atoms with Crippen molar-refractivity contribution in [3.05, 3.63) is 40.5 Å². The SMILES string of the molecule is CCOc1cc(CNC(=O)c2sc3ncnc(N4CCN(CC)CC4)c3c2C)ccc1OC. The molecule has 3 aromatic rings. The van der Waals surface area contributed by atoms with E-state index < -0.39 is 0 Å². The first-order chi connectivity index (χ1) is 16.0. The summed E-state index contributed by atoms with van der Waals surface area (Å²) in [5, 5.41) is 4.03. The van der Waals surface area contributed by atoms with Crippen LogP contribution in [0.2, 0.25) is 0 Å². The molecule has 0 radical (unpaired) electrons. The second-order valence-electron chi connectivity index (χ2n) is 7.96. The fourth-order valence-electron chi connectivity index (χ4n) is 4.15. The lowest BCUT2D eigenvalue weighted by Gasteiger charge is -2.35. The number of nitrogens with one attached hydrogen (secondary N) is 1. The van der Waals surface area contributed by atoms with E-state index in [1.165, 1.54) is 11.3 Å². The van der Waals surface area contributed by atoms with Gasteiger partial charge in [0.1, 0.15) is 17.0 Å². The van der Waals surface area contributed by atoms with E-state index in [2.05, 4.69) is 32.0 Å². The van der Waals surface area contributed by atoms with Crippen LogP contribution in [0.15, 0.2) is 24.5 Å². The number of hydrogen-bond acceptors (Lipinski definition) is 8. The smallest absolute Gasteiger partial charge is 0.261 e. The molecule has 0 aliphatic carbocycles. The minimum atomic E-state index is -0.106. The molecule has 1 amide bonds. The Morgan fingerprint density at radius 3 is 2.64 bits per heavy atom. The van der Waals surface area contributed by atoms with E-state index in [1.807, 2.05) is 32.0 Å². The molecule has 1 saturated heterocycles. The number of piperazine rings is 1. The Kier molecular flexibility index (Phi) is 7.29. The lowest BCUT2D eigenvalue weighted by Crippen LogP contribution is -2.46. The summed E-state index contributed by atoms with van der Waals surface area (Å²) < 4.78 is 11.0. The number of aryl methyl sites for hydroxylation is 1. The van der Waals surface area contributed by atoms with Gasteiger partial charge in [0, 0.05) is 32.7 Å². The number of benzene rings is 1. The second kappa shape index (κ2) is 10.4. The molecule has 1 aliphatic rings. The third-order valence-electron chi connectivity index (χ3n) is 6.01. The molecule has 1 aromatic carbocycles. The number of hydrogen-bond donors (Lipinski definition) is 1. The maximum atomic E-state index is 13.1. The number of aromatic nitrogens is 2. The van der Waals surface area contributed by atoms with E-state index in [9.17, 15) is 4.79 Å². The van der Waals surface area contributed by atoms with Gasteiger partial charge >= 0.3 is 0 Å². The van der Waals surface area contributed by atoms with Crippen molar-refractivity contribution in [2.75, 3.05) is 51.3 Å². The lowest BCUT2D eigenvalue weighted by molar-refractivity contribution is 0.0954. The van der Waals surface area contributed by atoms with Crippen LogP contribution in [0.4, 0.5) is 5.82 Å². The standard InChI is InChI=1S/C24H31N5O3S/c1-5-28-9-11-29(12-10-28)22-20-16(3)21(33-24(20)27-15-26-22)23(30)25-14-17-7-8-18(31-4)19(13-17)32-6-2/h7-8,13,15H,5-6,9-12,14H2,1-4H3,(H,25,30). The molecular weight excluding hydrogens is 438 g/mol. The van der Waals surface area contributed by atoms with Gasteiger partial charge in [-0.05, 0) is 43.7 Å². The van der Waals surface area contributed by atoms with Gasteiger partial charge in [-0.25, -0.2) is 9.97 Å². The highest BCUT2D eigenvalue weighted by molar-refractivity contribution is 7.20. The summed E-state index contributed by atoms with van der Waals surface area (Å²) in [7, 11) is 1.62. The Bertz CT molecular complexity index is 1120. The molecule has 4 rings (SSSR count). The van der Waals surface area contributed by atoms with Gasteiger partial charge in [0.25, 0.3) is 5.91 Å². The van der Waals surface area contributed by atoms with Crippen LogP contribution in [0, 0.1) is 6.92 Å². The quantitative estimate of drug-likeness (QED) is 0.541. The molecule has 9 heteroatoms. The lowest BCUT2D eigenvalue weighted by atomic mass is 10.1. The maximum Gasteiger partial charge on any atom is 0.261 e. The van der Waals surface area contributed by atoms with Gasteiger partial charge in [-0.15, -0.1) is 11.3 Å². The summed E-state index contributed by atoms with van der Waals surface area (Å²) in [6, 6.07) is 5.69. The number of nitrogens with zero attached hydrogens (tertiary/aromatic N) is 4. The topological polar surface area (TPSA) is 79.8 Å². The van der Waals surface area contributed by atoms with Crippen molar-refractivity contribution in [2.45, 2.75) is 27.3 Å². The van der Waals surface area contributed by atoms with Crippen molar-refractivity contribution in [3.8, 4) is 11.5 Å². The Labute approximate surface area is 198 Å². The fraction of sp³-hybridized carbons (Fsp3) is 0.458. The third-order valence-corrected chi connectivity index (χ3v) is 7.21. The van der Waals surface area contributed by atoms with Crippen LogP contribution in [0.3, 0.4) is 0 Å². The Morgan fingerprint density at radius 1 is 1.15 bits per heavy atom. The molecule has 176 valence electrons. The number of methoxy groups -OCH3 is 1. The molecular formula is C24H31N5O3S. The summed E-state index contributed by atoms with van der Waals surface area (Å²) in [5.74, 6) is 2.18. The van der Waals surface area contributed by atoms with Gasteiger partial charge in [0.2, 0.25) is 0 Å². The fourth-order valence-corrected chi connectivity index (χ4v) is 5.21. The van der Waals surface area contributed by atoms with E-state index in [0.29, 0.717) is 29.5 Å². The average molecular weight is 470 g/mol. The van der Waals surface area contributed by atoms with E-state index in [1.54, 1.807) is 13.4 Å². The first-order valence-corrected chi connectivity index (χ1v) is 12.2. The van der Waals surface area contributed by atoms with Gasteiger partial charge < -0.3 is 24.6 Å². The summed E-state index contributed by atoms with van der Waals surface area (Å²) in [6.07, 6.45) is 1.61. The molecule has 8 nitrogen and oxygen atoms in total. The van der Waals surface area contributed by atoms with Crippen molar-refractivity contribution in [2.24, 2.45) is 0 Å². The molecule has 0 bridgehead atoms. The van der Waals surface area contributed by atoms with Gasteiger partial charge in [0.15, 0.2) is 11.5 Å². The van der Waals surface area contributed by atoms with Gasteiger partial charge in [0.05, 0.1) is 24.0 Å². The third kappa shape index (κ3) is 4.89. The van der Waals surface area contributed by atoms with E-state index in [-0.39, 0.29) is 5.91 Å². The first kappa shape index (κ1) is 23.3. The van der Waals surface area contributed by atoms with Crippen LogP contribution in [0.1, 0.15) is 34.6 Å². The molecule has 1 N–H and O–H groups in total. The molecule has 33 heavy (non-hydrogen) atoms. The highest BCUT2D eigenvalue weighted by Gasteiger charge is 2.24.